The maximum atomic E-state index is 12.4. The van der Waals surface area contributed by atoms with Crippen molar-refractivity contribution in [3.05, 3.63) is 60.2 Å². The predicted molar refractivity (Wildman–Crippen MR) is 106 cm³/mol. The topological polar surface area (TPSA) is 59.6 Å². The minimum Gasteiger partial charge on any atom is -0.404 e. The van der Waals surface area contributed by atoms with Gasteiger partial charge in [-0.15, -0.1) is 37.1 Å². The minimum atomic E-state index is -4.77. The zero-order valence-electron chi connectivity index (χ0n) is 13.8. The van der Waals surface area contributed by atoms with Gasteiger partial charge in [0.05, 0.1) is 12.2 Å². The molecule has 0 heterocycles. The van der Waals surface area contributed by atoms with Crippen molar-refractivity contribution in [3.8, 4) is 5.75 Å². The molecule has 26 heavy (non-hydrogen) atoms. The second kappa shape index (κ2) is 8.15. The maximum Gasteiger partial charge on any atom is 0.573 e. The number of hydrogen-bond acceptors (Lipinski definition) is 2. The van der Waals surface area contributed by atoms with Gasteiger partial charge in [0.15, 0.2) is 11.7 Å². The summed E-state index contributed by atoms with van der Waals surface area (Å²) in [5, 5.41) is 2.69. The molecule has 1 aliphatic rings. The minimum absolute atomic E-state index is 0. The van der Waals surface area contributed by atoms with Crippen LogP contribution >= 0.6 is 24.0 Å². The summed E-state index contributed by atoms with van der Waals surface area (Å²) in [6.07, 6.45) is -2.74. The lowest BCUT2D eigenvalue weighted by molar-refractivity contribution is -0.274. The highest BCUT2D eigenvalue weighted by atomic mass is 127. The van der Waals surface area contributed by atoms with E-state index >= 15 is 0 Å². The van der Waals surface area contributed by atoms with Crippen LogP contribution in [0.15, 0.2) is 59.6 Å². The lowest BCUT2D eigenvalue weighted by Crippen LogP contribution is -2.26. The highest BCUT2D eigenvalue weighted by molar-refractivity contribution is 14.0. The molecule has 0 saturated heterocycles. The molecule has 3 N–H and O–H groups in total. The molecule has 140 valence electrons. The fourth-order valence-electron chi connectivity index (χ4n) is 2.68. The molecule has 0 atom stereocenters. The van der Waals surface area contributed by atoms with Crippen molar-refractivity contribution < 1.29 is 17.9 Å². The Morgan fingerprint density at radius 1 is 1.08 bits per heavy atom. The molecule has 0 unspecified atom stereocenters. The van der Waals surface area contributed by atoms with Crippen LogP contribution in [0.25, 0.3) is 0 Å². The first-order valence-corrected chi connectivity index (χ1v) is 7.85. The Morgan fingerprint density at radius 3 is 2.31 bits per heavy atom. The average Bonchev–Trinajstić information content (AvgIpc) is 3.36. The second-order valence-corrected chi connectivity index (χ2v) is 6.02. The molecule has 0 aliphatic heterocycles. The smallest absolute Gasteiger partial charge is 0.404 e. The fraction of sp³-hybridized carbons (Fsp3) is 0.278. The van der Waals surface area contributed by atoms with Crippen molar-refractivity contribution in [2.24, 2.45) is 10.7 Å². The molecule has 0 bridgehead atoms. The van der Waals surface area contributed by atoms with Crippen molar-refractivity contribution >= 4 is 35.6 Å². The Labute approximate surface area is 166 Å². The quantitative estimate of drug-likeness (QED) is 0.374. The summed E-state index contributed by atoms with van der Waals surface area (Å²) in [5.41, 5.74) is 7.15. The number of para-hydroxylation sites is 2. The lowest BCUT2D eigenvalue weighted by atomic mass is 9.96. The van der Waals surface area contributed by atoms with Gasteiger partial charge >= 0.3 is 6.36 Å². The van der Waals surface area contributed by atoms with E-state index in [2.05, 4.69) is 27.2 Å². The van der Waals surface area contributed by atoms with Crippen LogP contribution in [0.3, 0.4) is 0 Å². The monoisotopic (exact) mass is 477 g/mol. The van der Waals surface area contributed by atoms with E-state index in [4.69, 9.17) is 5.73 Å². The van der Waals surface area contributed by atoms with Crippen LogP contribution in [0, 0.1) is 0 Å². The van der Waals surface area contributed by atoms with Crippen LogP contribution in [0.4, 0.5) is 18.9 Å². The molecule has 3 rings (SSSR count). The molecule has 8 heteroatoms. The van der Waals surface area contributed by atoms with E-state index in [1.54, 1.807) is 6.07 Å². The molecular weight excluding hydrogens is 458 g/mol. The van der Waals surface area contributed by atoms with Crippen molar-refractivity contribution in [2.45, 2.75) is 24.6 Å². The largest absolute Gasteiger partial charge is 0.573 e. The second-order valence-electron chi connectivity index (χ2n) is 6.02. The number of nitrogens with zero attached hydrogens (tertiary/aromatic N) is 1. The van der Waals surface area contributed by atoms with Crippen LogP contribution in [0.1, 0.15) is 18.4 Å². The van der Waals surface area contributed by atoms with Gasteiger partial charge in [-0.3, -0.25) is 4.99 Å². The number of ether oxygens (including phenoxy) is 1. The van der Waals surface area contributed by atoms with Gasteiger partial charge in [-0.05, 0) is 30.5 Å². The number of nitrogens with two attached hydrogens (primary N) is 1. The van der Waals surface area contributed by atoms with Crippen molar-refractivity contribution in [3.63, 3.8) is 0 Å². The molecule has 0 aromatic heterocycles. The van der Waals surface area contributed by atoms with E-state index in [9.17, 15) is 13.2 Å². The lowest BCUT2D eigenvalue weighted by Gasteiger charge is -2.15. The third-order valence-corrected chi connectivity index (χ3v) is 4.17. The van der Waals surface area contributed by atoms with E-state index in [0.29, 0.717) is 6.54 Å². The first kappa shape index (κ1) is 20.3. The normalized spacial score (nSPS) is 15.7. The zero-order valence-corrected chi connectivity index (χ0v) is 16.1. The molecule has 4 nitrogen and oxygen atoms in total. The molecule has 1 aliphatic carbocycles. The van der Waals surface area contributed by atoms with Gasteiger partial charge in [-0.2, -0.15) is 0 Å². The van der Waals surface area contributed by atoms with E-state index in [-0.39, 0.29) is 46.8 Å². The summed E-state index contributed by atoms with van der Waals surface area (Å²) in [6.45, 7) is 0.484. The number of benzene rings is 2. The van der Waals surface area contributed by atoms with Crippen LogP contribution in [0.2, 0.25) is 0 Å². The van der Waals surface area contributed by atoms with Gasteiger partial charge in [0.2, 0.25) is 0 Å². The van der Waals surface area contributed by atoms with E-state index in [1.807, 2.05) is 18.2 Å². The van der Waals surface area contributed by atoms with E-state index < -0.39 is 6.36 Å². The van der Waals surface area contributed by atoms with Crippen LogP contribution in [0.5, 0.6) is 5.75 Å². The van der Waals surface area contributed by atoms with Gasteiger partial charge in [-0.25, -0.2) is 0 Å². The SMILES string of the molecule is I.NC(=NCC1(c2ccccc2)CC1)Nc1ccccc1OC(F)(F)F. The zero-order chi connectivity index (χ0) is 17.9. The van der Waals surface area contributed by atoms with Crippen molar-refractivity contribution in [1.29, 1.82) is 0 Å². The molecule has 2 aromatic rings. The highest BCUT2D eigenvalue weighted by Crippen LogP contribution is 2.48. The Bertz CT molecular complexity index is 762. The van der Waals surface area contributed by atoms with Gasteiger partial charge in [0.25, 0.3) is 0 Å². The van der Waals surface area contributed by atoms with Crippen LogP contribution in [-0.2, 0) is 5.41 Å². The number of nitrogens with one attached hydrogen (secondary N) is 1. The number of anilines is 1. The number of guanidine groups is 1. The third kappa shape index (κ3) is 5.26. The third-order valence-electron chi connectivity index (χ3n) is 4.17. The van der Waals surface area contributed by atoms with Gasteiger partial charge in [0.1, 0.15) is 0 Å². The Morgan fingerprint density at radius 2 is 1.69 bits per heavy atom. The number of halogens is 4. The Balaban J connectivity index is 0.00000243. The maximum absolute atomic E-state index is 12.4. The number of aliphatic imine (C=N–C) groups is 1. The summed E-state index contributed by atoms with van der Waals surface area (Å²) in [5.74, 6) is -0.294. The average molecular weight is 477 g/mol. The molecule has 1 fully saturated rings. The van der Waals surface area contributed by atoms with Gasteiger partial charge < -0.3 is 15.8 Å². The molecule has 1 saturated carbocycles. The van der Waals surface area contributed by atoms with Crippen LogP contribution in [-0.4, -0.2) is 18.9 Å². The summed E-state index contributed by atoms with van der Waals surface area (Å²) < 4.78 is 41.3. The van der Waals surface area contributed by atoms with Gasteiger partial charge in [-0.1, -0.05) is 42.5 Å². The number of hydrogen-bond donors (Lipinski definition) is 2. The first-order chi connectivity index (χ1) is 11.9. The predicted octanol–water partition coefficient (Wildman–Crippen LogP) is 4.66. The Kier molecular flexibility index (Phi) is 6.38. The summed E-state index contributed by atoms with van der Waals surface area (Å²) in [6, 6.07) is 15.7. The first-order valence-electron chi connectivity index (χ1n) is 7.85. The van der Waals surface area contributed by atoms with Crippen LogP contribution < -0.4 is 15.8 Å². The van der Waals surface area contributed by atoms with Gasteiger partial charge in [0, 0.05) is 5.41 Å². The van der Waals surface area contributed by atoms with Crippen molar-refractivity contribution in [1.82, 2.24) is 0 Å². The molecule has 0 amide bonds. The molecular formula is C18H19F3IN3O. The summed E-state index contributed by atoms with van der Waals surface area (Å²) in [7, 11) is 0. The summed E-state index contributed by atoms with van der Waals surface area (Å²) in [4.78, 5) is 4.31. The summed E-state index contributed by atoms with van der Waals surface area (Å²) >= 11 is 0. The molecule has 0 spiro atoms. The molecule has 2 aromatic carbocycles. The molecule has 0 radical (unpaired) electrons. The van der Waals surface area contributed by atoms with E-state index in [1.165, 1.54) is 23.8 Å². The number of alkyl halides is 3. The standard InChI is InChI=1S/C18H18F3N3O.HI/c19-18(20,21)25-15-9-5-4-8-14(15)24-16(22)23-12-17(10-11-17)13-6-2-1-3-7-13;/h1-9H,10-12H2,(H3,22,23,24);1H. The van der Waals surface area contributed by atoms with E-state index in [0.717, 1.165) is 12.8 Å². The number of rotatable bonds is 5. The fourth-order valence-corrected chi connectivity index (χ4v) is 2.68. The highest BCUT2D eigenvalue weighted by Gasteiger charge is 2.43. The Hall–Kier alpha value is -1.97. The van der Waals surface area contributed by atoms with Crippen molar-refractivity contribution in [2.75, 3.05) is 11.9 Å².